The van der Waals surface area contributed by atoms with E-state index in [1.54, 1.807) is 0 Å². The summed E-state index contributed by atoms with van der Waals surface area (Å²) in [6.45, 7) is 0. The second-order valence-electron chi connectivity index (χ2n) is 9.15. The Bertz CT molecular complexity index is 1840. The maximum atomic E-state index is 14.6. The number of nitrogens with zero attached hydrogens (tertiary/aromatic N) is 1. The van der Waals surface area contributed by atoms with Gasteiger partial charge in [-0.15, -0.1) is 0 Å². The van der Waals surface area contributed by atoms with Crippen molar-refractivity contribution in [1.82, 2.24) is 4.98 Å². The smallest absolute Gasteiger partial charge is 0.188 e. The first-order valence-electron chi connectivity index (χ1n) is 12.1. The summed E-state index contributed by atoms with van der Waals surface area (Å²) in [6.07, 6.45) is 1.88. The fourth-order valence-electron chi connectivity index (χ4n) is 5.41. The first kappa shape index (κ1) is 21.1. The number of benzene rings is 6. The summed E-state index contributed by atoms with van der Waals surface area (Å²) in [7, 11) is -3.09. The van der Waals surface area contributed by atoms with E-state index in [0.717, 1.165) is 21.7 Å². The van der Waals surface area contributed by atoms with Crippen molar-refractivity contribution >= 4 is 55.5 Å². The first-order chi connectivity index (χ1) is 17.7. The molecule has 0 saturated carbocycles. The maximum Gasteiger partial charge on any atom is 0.188 e. The molecule has 2 nitrogen and oxygen atoms in total. The predicted octanol–water partition coefficient (Wildman–Crippen LogP) is 7.29. The van der Waals surface area contributed by atoms with E-state index in [4.69, 9.17) is 4.98 Å². The van der Waals surface area contributed by atoms with Crippen LogP contribution in [0, 0.1) is 0 Å². The molecule has 0 radical (unpaired) electrons. The van der Waals surface area contributed by atoms with Crippen molar-refractivity contribution in [3.63, 3.8) is 0 Å². The molecule has 7 aromatic rings. The minimum Gasteiger partial charge on any atom is -0.307 e. The molecule has 7 rings (SSSR count). The molecule has 0 saturated heterocycles. The fraction of sp³-hybridized carbons (Fsp3) is 0. The molecule has 6 aromatic carbocycles. The second kappa shape index (κ2) is 8.16. The SMILES string of the molecule is O=P(c1ccccc1)(c1ccccc1)c1ccc(-c2ccc3ccc4cccc5ccc2c3c45)cn1. The molecule has 0 N–H and O–H groups in total. The Morgan fingerprint density at radius 2 is 1.08 bits per heavy atom. The Labute approximate surface area is 209 Å². The van der Waals surface area contributed by atoms with E-state index in [9.17, 15) is 4.57 Å². The molecule has 0 aliphatic heterocycles. The fourth-order valence-corrected chi connectivity index (χ4v) is 7.92. The molecule has 170 valence electrons. The van der Waals surface area contributed by atoms with Gasteiger partial charge in [-0.3, -0.25) is 4.98 Å². The molecule has 0 aliphatic carbocycles. The third kappa shape index (κ3) is 3.12. The van der Waals surface area contributed by atoms with Gasteiger partial charge in [0.05, 0.1) is 0 Å². The highest BCUT2D eigenvalue weighted by atomic mass is 31.2. The Morgan fingerprint density at radius 3 is 1.69 bits per heavy atom. The third-order valence-corrected chi connectivity index (χ3v) is 10.1. The van der Waals surface area contributed by atoms with Crippen molar-refractivity contribution in [2.24, 2.45) is 0 Å². The van der Waals surface area contributed by atoms with Gasteiger partial charge >= 0.3 is 0 Å². The standard InChI is InChI=1S/C33H22NOP/c35-36(27-10-3-1-4-11-27,28-12-5-2-6-13-28)31-21-18-26(22-34-31)29-19-16-25-15-14-23-8-7-9-24-17-20-30(29)33(25)32(23)24/h1-22H. The van der Waals surface area contributed by atoms with Crippen molar-refractivity contribution in [3.8, 4) is 11.1 Å². The topological polar surface area (TPSA) is 30.0 Å². The lowest BCUT2D eigenvalue weighted by atomic mass is 9.90. The van der Waals surface area contributed by atoms with E-state index in [2.05, 4.69) is 60.7 Å². The van der Waals surface area contributed by atoms with Gasteiger partial charge in [-0.2, -0.15) is 0 Å². The molecule has 0 spiro atoms. The summed E-state index contributed by atoms with van der Waals surface area (Å²) in [5.41, 5.74) is 2.75. The van der Waals surface area contributed by atoms with Crippen molar-refractivity contribution in [2.75, 3.05) is 0 Å². The third-order valence-electron chi connectivity index (χ3n) is 7.15. The minimum absolute atomic E-state index is 0.598. The molecule has 3 heteroatoms. The van der Waals surface area contributed by atoms with Gasteiger partial charge < -0.3 is 4.57 Å². The van der Waals surface area contributed by atoms with Crippen LogP contribution in [-0.2, 0) is 4.57 Å². The molecule has 1 heterocycles. The summed E-state index contributed by atoms with van der Waals surface area (Å²) >= 11 is 0. The molecule has 0 unspecified atom stereocenters. The van der Waals surface area contributed by atoms with Crippen LogP contribution in [0.1, 0.15) is 0 Å². The van der Waals surface area contributed by atoms with Gasteiger partial charge in [0.25, 0.3) is 0 Å². The second-order valence-corrected chi connectivity index (χ2v) is 11.9. The van der Waals surface area contributed by atoms with Gasteiger partial charge in [0.1, 0.15) is 5.44 Å². The Hall–Kier alpha value is -4.26. The van der Waals surface area contributed by atoms with Crippen molar-refractivity contribution in [3.05, 3.63) is 134 Å². The quantitative estimate of drug-likeness (QED) is 0.196. The summed E-state index contributed by atoms with van der Waals surface area (Å²) in [6, 6.07) is 43.0. The number of pyridine rings is 1. The van der Waals surface area contributed by atoms with Crippen LogP contribution < -0.4 is 16.0 Å². The van der Waals surface area contributed by atoms with Crippen LogP contribution in [0.15, 0.2) is 134 Å². The molecule has 0 atom stereocenters. The number of aromatic nitrogens is 1. The lowest BCUT2D eigenvalue weighted by Gasteiger charge is -2.19. The van der Waals surface area contributed by atoms with Gasteiger partial charge in [-0.05, 0) is 43.9 Å². The predicted molar refractivity (Wildman–Crippen MR) is 153 cm³/mol. The van der Waals surface area contributed by atoms with Crippen LogP contribution in [0.2, 0.25) is 0 Å². The monoisotopic (exact) mass is 479 g/mol. The van der Waals surface area contributed by atoms with Crippen LogP contribution in [0.5, 0.6) is 0 Å². The zero-order valence-electron chi connectivity index (χ0n) is 19.5. The molecule has 0 fully saturated rings. The van der Waals surface area contributed by atoms with Crippen LogP contribution in [0.3, 0.4) is 0 Å². The van der Waals surface area contributed by atoms with E-state index in [1.165, 1.54) is 32.3 Å². The average molecular weight is 480 g/mol. The van der Waals surface area contributed by atoms with E-state index >= 15 is 0 Å². The largest absolute Gasteiger partial charge is 0.307 e. The van der Waals surface area contributed by atoms with Gasteiger partial charge in [0.2, 0.25) is 0 Å². The van der Waals surface area contributed by atoms with Gasteiger partial charge in [0, 0.05) is 22.4 Å². The van der Waals surface area contributed by atoms with Crippen molar-refractivity contribution < 1.29 is 4.57 Å². The summed E-state index contributed by atoms with van der Waals surface area (Å²) < 4.78 is 14.6. The molecule has 0 aliphatic rings. The van der Waals surface area contributed by atoms with Crippen LogP contribution in [0.4, 0.5) is 0 Å². The Balaban J connectivity index is 1.41. The molecule has 0 bridgehead atoms. The molecular weight excluding hydrogens is 457 g/mol. The lowest BCUT2D eigenvalue weighted by molar-refractivity contribution is 0.592. The average Bonchev–Trinajstić information content (AvgIpc) is 2.96. The molecule has 1 aromatic heterocycles. The molecular formula is C33H22NOP. The van der Waals surface area contributed by atoms with Crippen LogP contribution >= 0.6 is 7.14 Å². The first-order valence-corrected chi connectivity index (χ1v) is 13.8. The zero-order chi connectivity index (χ0) is 24.1. The van der Waals surface area contributed by atoms with Crippen molar-refractivity contribution in [2.45, 2.75) is 0 Å². The van der Waals surface area contributed by atoms with Crippen LogP contribution in [0.25, 0.3) is 43.4 Å². The number of rotatable bonds is 4. The van der Waals surface area contributed by atoms with E-state index in [0.29, 0.717) is 5.44 Å². The van der Waals surface area contributed by atoms with Gasteiger partial charge in [0.15, 0.2) is 7.14 Å². The van der Waals surface area contributed by atoms with Gasteiger partial charge in [-0.1, -0.05) is 121 Å². The molecule has 0 amide bonds. The number of hydrogen-bond acceptors (Lipinski definition) is 2. The Kier molecular flexibility index (Phi) is 4.77. The molecule has 36 heavy (non-hydrogen) atoms. The summed E-state index contributed by atoms with van der Waals surface area (Å²) in [5, 5.41) is 9.12. The minimum atomic E-state index is -3.09. The van der Waals surface area contributed by atoms with E-state index < -0.39 is 7.14 Å². The highest BCUT2D eigenvalue weighted by Crippen LogP contribution is 2.43. The summed E-state index contributed by atoms with van der Waals surface area (Å²) in [5.74, 6) is 0. The van der Waals surface area contributed by atoms with Crippen LogP contribution in [-0.4, -0.2) is 4.98 Å². The summed E-state index contributed by atoms with van der Waals surface area (Å²) in [4.78, 5) is 4.83. The van der Waals surface area contributed by atoms with E-state index in [1.807, 2.05) is 72.9 Å². The highest BCUT2D eigenvalue weighted by molar-refractivity contribution is 7.85. The Morgan fingerprint density at radius 1 is 0.500 bits per heavy atom. The number of hydrogen-bond donors (Lipinski definition) is 0. The lowest BCUT2D eigenvalue weighted by Crippen LogP contribution is -2.26. The van der Waals surface area contributed by atoms with Crippen molar-refractivity contribution in [1.29, 1.82) is 0 Å². The maximum absolute atomic E-state index is 14.6. The van der Waals surface area contributed by atoms with E-state index in [-0.39, 0.29) is 0 Å². The van der Waals surface area contributed by atoms with Gasteiger partial charge in [-0.25, -0.2) is 0 Å². The highest BCUT2D eigenvalue weighted by Gasteiger charge is 2.31. The zero-order valence-corrected chi connectivity index (χ0v) is 20.4. The normalized spacial score (nSPS) is 12.0.